The lowest BCUT2D eigenvalue weighted by molar-refractivity contribution is 1.61. The first-order chi connectivity index (χ1) is 8.40. The highest BCUT2D eigenvalue weighted by molar-refractivity contribution is 6.47. The van der Waals surface area contributed by atoms with Crippen LogP contribution < -0.4 is 0 Å². The minimum atomic E-state index is 0.334. The molecule has 2 rings (SSSR count). The van der Waals surface area contributed by atoms with Crippen LogP contribution in [0.5, 0.6) is 0 Å². The highest BCUT2D eigenvalue weighted by Gasteiger charge is 2.16. The summed E-state index contributed by atoms with van der Waals surface area (Å²) >= 11 is 36.2. The van der Waals surface area contributed by atoms with Crippen molar-refractivity contribution >= 4 is 69.6 Å². The number of halogens is 6. The Labute approximate surface area is 134 Å². The van der Waals surface area contributed by atoms with Crippen molar-refractivity contribution in [2.24, 2.45) is 0 Å². The van der Waals surface area contributed by atoms with E-state index in [1.807, 2.05) is 0 Å². The minimum absolute atomic E-state index is 0.334. The van der Waals surface area contributed by atoms with Crippen molar-refractivity contribution in [2.45, 2.75) is 0 Å². The quantitative estimate of drug-likeness (QED) is 0.469. The molecule has 0 aliphatic heterocycles. The molecule has 0 saturated carbocycles. The summed E-state index contributed by atoms with van der Waals surface area (Å²) in [7, 11) is 0. The van der Waals surface area contributed by atoms with Gasteiger partial charge in [0.25, 0.3) is 0 Å². The Bertz CT molecular complexity index is 597. The molecule has 0 N–H and O–H groups in total. The van der Waals surface area contributed by atoms with Gasteiger partial charge < -0.3 is 0 Å². The smallest absolute Gasteiger partial charge is 0.0672 e. The Morgan fingerprint density at radius 2 is 1.00 bits per heavy atom. The molecule has 2 aromatic rings. The van der Waals surface area contributed by atoms with Crippen LogP contribution in [0.15, 0.2) is 24.3 Å². The monoisotopic (exact) mass is 358 g/mol. The Morgan fingerprint density at radius 3 is 1.56 bits per heavy atom. The van der Waals surface area contributed by atoms with E-state index >= 15 is 0 Å². The van der Waals surface area contributed by atoms with Gasteiger partial charge in [0.15, 0.2) is 0 Å². The normalized spacial score (nSPS) is 10.8. The van der Waals surface area contributed by atoms with E-state index in [1.165, 1.54) is 0 Å². The Kier molecular flexibility index (Phi) is 4.59. The molecule has 0 nitrogen and oxygen atoms in total. The van der Waals surface area contributed by atoms with Crippen LogP contribution in [0.2, 0.25) is 30.1 Å². The van der Waals surface area contributed by atoms with Crippen LogP contribution in [0.3, 0.4) is 0 Å². The summed E-state index contributed by atoms with van der Waals surface area (Å²) < 4.78 is 0. The van der Waals surface area contributed by atoms with Crippen LogP contribution in [-0.4, -0.2) is 0 Å². The number of rotatable bonds is 1. The van der Waals surface area contributed by atoms with Crippen LogP contribution in [-0.2, 0) is 0 Å². The van der Waals surface area contributed by atoms with Crippen molar-refractivity contribution in [3.8, 4) is 11.1 Å². The predicted octanol–water partition coefficient (Wildman–Crippen LogP) is 7.27. The summed E-state index contributed by atoms with van der Waals surface area (Å²) in [4.78, 5) is 0. The minimum Gasteiger partial charge on any atom is -0.0843 e. The molecular weight excluding hydrogens is 357 g/mol. The fourth-order valence-corrected chi connectivity index (χ4v) is 3.26. The third-order valence-electron chi connectivity index (χ3n) is 2.27. The van der Waals surface area contributed by atoms with Gasteiger partial charge >= 0.3 is 0 Å². The molecule has 2 aromatic carbocycles. The van der Waals surface area contributed by atoms with Crippen LogP contribution >= 0.6 is 69.6 Å². The zero-order chi connectivity index (χ0) is 13.4. The maximum absolute atomic E-state index is 6.14. The van der Waals surface area contributed by atoms with Crippen LogP contribution in [0.4, 0.5) is 0 Å². The second-order valence-electron chi connectivity index (χ2n) is 3.49. The molecule has 0 aliphatic carbocycles. The average molecular weight is 361 g/mol. The van der Waals surface area contributed by atoms with Crippen LogP contribution in [0.25, 0.3) is 11.1 Å². The van der Waals surface area contributed by atoms with Crippen molar-refractivity contribution < 1.29 is 0 Å². The van der Waals surface area contributed by atoms with E-state index < -0.39 is 0 Å². The van der Waals surface area contributed by atoms with E-state index in [1.54, 1.807) is 24.3 Å². The van der Waals surface area contributed by atoms with Crippen molar-refractivity contribution in [1.29, 1.82) is 0 Å². The Hall–Kier alpha value is 0.180. The van der Waals surface area contributed by atoms with Gasteiger partial charge in [-0.1, -0.05) is 69.6 Å². The van der Waals surface area contributed by atoms with E-state index in [0.29, 0.717) is 41.3 Å². The fraction of sp³-hybridized carbons (Fsp3) is 0. The van der Waals surface area contributed by atoms with E-state index in [0.717, 1.165) is 0 Å². The molecule has 94 valence electrons. The average Bonchev–Trinajstić information content (AvgIpc) is 2.23. The van der Waals surface area contributed by atoms with Crippen molar-refractivity contribution in [3.05, 3.63) is 54.4 Å². The number of benzene rings is 2. The molecule has 0 atom stereocenters. The van der Waals surface area contributed by atoms with E-state index in [-0.39, 0.29) is 0 Å². The molecule has 0 saturated heterocycles. The number of hydrogen-bond donors (Lipinski definition) is 0. The summed E-state index contributed by atoms with van der Waals surface area (Å²) in [6.07, 6.45) is 0. The SMILES string of the molecule is Clc1cc(Cl)c(-c2cc(Cl)cc(Cl)c2Cl)c(Cl)c1. The van der Waals surface area contributed by atoms with Crippen molar-refractivity contribution in [3.63, 3.8) is 0 Å². The molecule has 0 amide bonds. The van der Waals surface area contributed by atoms with Gasteiger partial charge in [-0.2, -0.15) is 0 Å². The summed E-state index contributed by atoms with van der Waals surface area (Å²) in [5.74, 6) is 0. The second-order valence-corrected chi connectivity index (χ2v) is 5.97. The van der Waals surface area contributed by atoms with Crippen molar-refractivity contribution in [2.75, 3.05) is 0 Å². The highest BCUT2D eigenvalue weighted by atomic mass is 35.5. The molecular formula is C12H4Cl6. The first-order valence-corrected chi connectivity index (χ1v) is 6.96. The Balaban J connectivity index is 2.77. The lowest BCUT2D eigenvalue weighted by atomic mass is 10.1. The largest absolute Gasteiger partial charge is 0.0843 e. The molecule has 0 bridgehead atoms. The topological polar surface area (TPSA) is 0 Å². The zero-order valence-corrected chi connectivity index (χ0v) is 13.1. The third-order valence-corrected chi connectivity index (χ3v) is 4.10. The lowest BCUT2D eigenvalue weighted by Crippen LogP contribution is -1.85. The summed E-state index contributed by atoms with van der Waals surface area (Å²) in [5.41, 5.74) is 1.12. The van der Waals surface area contributed by atoms with Gasteiger partial charge in [0.2, 0.25) is 0 Å². The number of hydrogen-bond acceptors (Lipinski definition) is 0. The molecule has 0 unspecified atom stereocenters. The zero-order valence-electron chi connectivity index (χ0n) is 8.58. The first-order valence-electron chi connectivity index (χ1n) is 4.69. The van der Waals surface area contributed by atoms with Crippen molar-refractivity contribution in [1.82, 2.24) is 0 Å². The van der Waals surface area contributed by atoms with E-state index in [9.17, 15) is 0 Å². The molecule has 0 fully saturated rings. The van der Waals surface area contributed by atoms with Gasteiger partial charge in [-0.3, -0.25) is 0 Å². The first kappa shape index (κ1) is 14.6. The van der Waals surface area contributed by atoms with Gasteiger partial charge in [0.05, 0.1) is 20.1 Å². The molecule has 18 heavy (non-hydrogen) atoms. The Morgan fingerprint density at radius 1 is 0.556 bits per heavy atom. The molecule has 0 spiro atoms. The predicted molar refractivity (Wildman–Crippen MR) is 81.9 cm³/mol. The van der Waals surface area contributed by atoms with Crippen LogP contribution in [0.1, 0.15) is 0 Å². The van der Waals surface area contributed by atoms with Gasteiger partial charge in [-0.25, -0.2) is 0 Å². The van der Waals surface area contributed by atoms with Gasteiger partial charge in [0, 0.05) is 21.2 Å². The molecule has 0 heterocycles. The summed E-state index contributed by atoms with van der Waals surface area (Å²) in [6.45, 7) is 0. The summed E-state index contributed by atoms with van der Waals surface area (Å²) in [5, 5.41) is 2.33. The molecule has 0 aromatic heterocycles. The standard InChI is InChI=1S/C12H4Cl6/c13-5-1-7(12(18)10(17)4-5)11-8(15)2-6(14)3-9(11)16/h1-4H. The van der Waals surface area contributed by atoms with Crippen LogP contribution in [0, 0.1) is 0 Å². The molecule has 0 radical (unpaired) electrons. The van der Waals surface area contributed by atoms with Gasteiger partial charge in [0.1, 0.15) is 0 Å². The third kappa shape index (κ3) is 2.85. The van der Waals surface area contributed by atoms with E-state index in [2.05, 4.69) is 0 Å². The maximum atomic E-state index is 6.14. The maximum Gasteiger partial charge on any atom is 0.0672 e. The molecule has 0 aliphatic rings. The summed E-state index contributed by atoms with van der Waals surface area (Å²) in [6, 6.07) is 6.36. The fourth-order valence-electron chi connectivity index (χ4n) is 1.54. The van der Waals surface area contributed by atoms with E-state index in [4.69, 9.17) is 69.6 Å². The van der Waals surface area contributed by atoms with Gasteiger partial charge in [-0.05, 0) is 24.3 Å². The van der Waals surface area contributed by atoms with Gasteiger partial charge in [-0.15, -0.1) is 0 Å². The lowest BCUT2D eigenvalue weighted by Gasteiger charge is -2.11. The highest BCUT2D eigenvalue weighted by Crippen LogP contribution is 2.43. The second kappa shape index (κ2) is 5.66. The molecule has 6 heteroatoms.